The lowest BCUT2D eigenvalue weighted by Gasteiger charge is -2.14. The maximum Gasteiger partial charge on any atom is 0.134 e. The first-order chi connectivity index (χ1) is 10.9. The van der Waals surface area contributed by atoms with Gasteiger partial charge >= 0.3 is 0 Å². The van der Waals surface area contributed by atoms with E-state index in [-0.39, 0.29) is 0 Å². The number of nitrogens with zero attached hydrogens (tertiary/aromatic N) is 1. The number of nitriles is 1. The highest BCUT2D eigenvalue weighted by atomic mass is 16.5. The SMILES string of the molecule is N#CCCCc1cc2occc2cc1OCC1=CC=CCC1. The second-order valence-electron chi connectivity index (χ2n) is 5.51. The quantitative estimate of drug-likeness (QED) is 0.709. The van der Waals surface area contributed by atoms with Crippen LogP contribution in [0.3, 0.4) is 0 Å². The molecule has 0 spiro atoms. The summed E-state index contributed by atoms with van der Waals surface area (Å²) >= 11 is 0. The van der Waals surface area contributed by atoms with E-state index < -0.39 is 0 Å². The molecule has 22 heavy (non-hydrogen) atoms. The lowest BCUT2D eigenvalue weighted by atomic mass is 10.0. The van der Waals surface area contributed by atoms with Crippen molar-refractivity contribution >= 4 is 11.0 Å². The van der Waals surface area contributed by atoms with Crippen LogP contribution in [0.4, 0.5) is 0 Å². The molecule has 0 radical (unpaired) electrons. The highest BCUT2D eigenvalue weighted by Gasteiger charge is 2.10. The normalized spacial score (nSPS) is 13.9. The van der Waals surface area contributed by atoms with Gasteiger partial charge in [-0.15, -0.1) is 0 Å². The van der Waals surface area contributed by atoms with E-state index in [9.17, 15) is 0 Å². The number of hydrogen-bond donors (Lipinski definition) is 0. The minimum absolute atomic E-state index is 0.561. The lowest BCUT2D eigenvalue weighted by molar-refractivity contribution is 0.343. The smallest absolute Gasteiger partial charge is 0.134 e. The molecule has 1 aliphatic rings. The van der Waals surface area contributed by atoms with Crippen molar-refractivity contribution in [1.29, 1.82) is 5.26 Å². The molecule has 2 aromatic rings. The standard InChI is InChI=1S/C19H19NO2/c20-10-5-4-8-16-12-18-17(9-11-21-18)13-19(16)22-14-15-6-2-1-3-7-15/h1-2,6,9,11-13H,3-5,7-8,14H2. The zero-order valence-electron chi connectivity index (χ0n) is 12.5. The number of aryl methyl sites for hydroxylation is 1. The third-order valence-electron chi connectivity index (χ3n) is 3.88. The highest BCUT2D eigenvalue weighted by molar-refractivity contribution is 5.80. The van der Waals surface area contributed by atoms with Crippen molar-refractivity contribution in [2.24, 2.45) is 0 Å². The van der Waals surface area contributed by atoms with Crippen LogP contribution >= 0.6 is 0 Å². The van der Waals surface area contributed by atoms with Crippen molar-refractivity contribution in [3.05, 3.63) is 53.8 Å². The summed E-state index contributed by atoms with van der Waals surface area (Å²) in [5, 5.41) is 9.76. The van der Waals surface area contributed by atoms with E-state index in [1.807, 2.05) is 18.2 Å². The molecule has 0 bridgehead atoms. The molecule has 0 aliphatic heterocycles. The number of hydrogen-bond acceptors (Lipinski definition) is 3. The van der Waals surface area contributed by atoms with E-state index in [0.29, 0.717) is 13.0 Å². The number of furan rings is 1. The van der Waals surface area contributed by atoms with E-state index in [1.54, 1.807) is 6.26 Å². The van der Waals surface area contributed by atoms with E-state index in [0.717, 1.165) is 48.0 Å². The molecule has 0 fully saturated rings. The summed E-state index contributed by atoms with van der Waals surface area (Å²) in [6.45, 7) is 0.624. The maximum absolute atomic E-state index is 8.71. The second kappa shape index (κ2) is 7.00. The van der Waals surface area contributed by atoms with Gasteiger partial charge in [0, 0.05) is 11.8 Å². The zero-order chi connectivity index (χ0) is 15.2. The fourth-order valence-corrected chi connectivity index (χ4v) is 2.66. The van der Waals surface area contributed by atoms with Crippen molar-refractivity contribution in [3.8, 4) is 11.8 Å². The molecule has 0 saturated heterocycles. The molecule has 3 heteroatoms. The van der Waals surface area contributed by atoms with Gasteiger partial charge < -0.3 is 9.15 Å². The van der Waals surface area contributed by atoms with Crippen molar-refractivity contribution < 1.29 is 9.15 Å². The average Bonchev–Trinajstić information content (AvgIpc) is 3.01. The summed E-state index contributed by atoms with van der Waals surface area (Å²) < 4.78 is 11.5. The van der Waals surface area contributed by atoms with Gasteiger partial charge in [-0.2, -0.15) is 5.26 Å². The van der Waals surface area contributed by atoms with Gasteiger partial charge in [-0.25, -0.2) is 0 Å². The molecular weight excluding hydrogens is 274 g/mol. The Morgan fingerprint density at radius 3 is 3.09 bits per heavy atom. The first-order valence-electron chi connectivity index (χ1n) is 7.71. The zero-order valence-corrected chi connectivity index (χ0v) is 12.5. The van der Waals surface area contributed by atoms with Crippen LogP contribution in [-0.4, -0.2) is 6.61 Å². The molecule has 0 saturated carbocycles. The molecule has 1 aliphatic carbocycles. The number of benzene rings is 1. The molecular formula is C19H19NO2. The predicted octanol–water partition coefficient (Wildman–Crippen LogP) is 4.93. The molecule has 1 aromatic heterocycles. The van der Waals surface area contributed by atoms with Crippen LogP contribution in [0, 0.1) is 11.3 Å². The van der Waals surface area contributed by atoms with Crippen LogP contribution in [-0.2, 0) is 6.42 Å². The fourth-order valence-electron chi connectivity index (χ4n) is 2.66. The Labute approximate surface area is 130 Å². The van der Waals surface area contributed by atoms with Crippen LogP contribution in [0.25, 0.3) is 11.0 Å². The number of allylic oxidation sites excluding steroid dienone is 3. The largest absolute Gasteiger partial charge is 0.489 e. The van der Waals surface area contributed by atoms with Crippen LogP contribution in [0.5, 0.6) is 5.75 Å². The van der Waals surface area contributed by atoms with Crippen LogP contribution in [0.15, 0.2) is 52.7 Å². The first kappa shape index (κ1) is 14.5. The Balaban J connectivity index is 1.78. The van der Waals surface area contributed by atoms with Gasteiger partial charge in [-0.1, -0.05) is 18.2 Å². The van der Waals surface area contributed by atoms with E-state index >= 15 is 0 Å². The highest BCUT2D eigenvalue weighted by Crippen LogP contribution is 2.29. The minimum atomic E-state index is 0.561. The number of ether oxygens (including phenoxy) is 1. The monoisotopic (exact) mass is 293 g/mol. The van der Waals surface area contributed by atoms with Crippen molar-refractivity contribution in [2.75, 3.05) is 6.61 Å². The summed E-state index contributed by atoms with van der Waals surface area (Å²) in [6.07, 6.45) is 12.5. The number of unbranched alkanes of at least 4 members (excludes halogenated alkanes) is 1. The number of rotatable bonds is 6. The lowest BCUT2D eigenvalue weighted by Crippen LogP contribution is -2.04. The minimum Gasteiger partial charge on any atom is -0.489 e. The Morgan fingerprint density at radius 1 is 1.32 bits per heavy atom. The molecule has 0 atom stereocenters. The van der Waals surface area contributed by atoms with Crippen LogP contribution in [0.1, 0.15) is 31.2 Å². The van der Waals surface area contributed by atoms with Crippen molar-refractivity contribution in [3.63, 3.8) is 0 Å². The van der Waals surface area contributed by atoms with E-state index in [1.165, 1.54) is 5.57 Å². The van der Waals surface area contributed by atoms with Crippen LogP contribution < -0.4 is 4.74 Å². The van der Waals surface area contributed by atoms with Gasteiger partial charge in [0.15, 0.2) is 0 Å². The molecule has 0 N–H and O–H groups in total. The summed E-state index contributed by atoms with van der Waals surface area (Å²) in [5.74, 6) is 0.905. The molecule has 3 nitrogen and oxygen atoms in total. The summed E-state index contributed by atoms with van der Waals surface area (Å²) in [7, 11) is 0. The molecule has 1 heterocycles. The Bertz CT molecular complexity index is 746. The topological polar surface area (TPSA) is 46.2 Å². The van der Waals surface area contributed by atoms with Crippen molar-refractivity contribution in [1.82, 2.24) is 0 Å². The Kier molecular flexibility index (Phi) is 4.60. The van der Waals surface area contributed by atoms with Gasteiger partial charge in [0.25, 0.3) is 0 Å². The summed E-state index contributed by atoms with van der Waals surface area (Å²) in [6, 6.07) is 8.22. The van der Waals surface area contributed by atoms with Crippen LogP contribution in [0.2, 0.25) is 0 Å². The van der Waals surface area contributed by atoms with Gasteiger partial charge in [0.1, 0.15) is 17.9 Å². The second-order valence-corrected chi connectivity index (χ2v) is 5.51. The fraction of sp³-hybridized carbons (Fsp3) is 0.316. The van der Waals surface area contributed by atoms with E-state index in [4.69, 9.17) is 14.4 Å². The molecule has 1 aromatic carbocycles. The van der Waals surface area contributed by atoms with Gasteiger partial charge in [0.05, 0.1) is 12.3 Å². The summed E-state index contributed by atoms with van der Waals surface area (Å²) in [5.41, 5.74) is 3.31. The summed E-state index contributed by atoms with van der Waals surface area (Å²) in [4.78, 5) is 0. The Morgan fingerprint density at radius 2 is 2.27 bits per heavy atom. The number of fused-ring (bicyclic) bond motifs is 1. The Hall–Kier alpha value is -2.47. The van der Waals surface area contributed by atoms with Gasteiger partial charge in [-0.3, -0.25) is 0 Å². The molecule has 0 amide bonds. The average molecular weight is 293 g/mol. The third kappa shape index (κ3) is 3.40. The molecule has 112 valence electrons. The first-order valence-corrected chi connectivity index (χ1v) is 7.71. The van der Waals surface area contributed by atoms with Crippen molar-refractivity contribution in [2.45, 2.75) is 32.1 Å². The molecule has 3 rings (SSSR count). The predicted molar refractivity (Wildman–Crippen MR) is 86.7 cm³/mol. The third-order valence-corrected chi connectivity index (χ3v) is 3.88. The maximum atomic E-state index is 8.71. The van der Waals surface area contributed by atoms with Gasteiger partial charge in [-0.05, 0) is 55.0 Å². The van der Waals surface area contributed by atoms with E-state index in [2.05, 4.69) is 24.3 Å². The van der Waals surface area contributed by atoms with Gasteiger partial charge in [0.2, 0.25) is 0 Å². The molecule has 0 unspecified atom stereocenters.